The van der Waals surface area contributed by atoms with Gasteiger partial charge in [0, 0.05) is 5.41 Å². The highest BCUT2D eigenvalue weighted by Gasteiger charge is 2.33. The second-order valence-electron chi connectivity index (χ2n) is 5.17. The summed E-state index contributed by atoms with van der Waals surface area (Å²) in [6, 6.07) is 6.94. The van der Waals surface area contributed by atoms with Crippen LogP contribution in [0.15, 0.2) is 24.3 Å². The number of hydrogen-bond donors (Lipinski definition) is 1. The van der Waals surface area contributed by atoms with Crippen LogP contribution in [-0.4, -0.2) is 24.2 Å². The Morgan fingerprint density at radius 2 is 1.84 bits per heavy atom. The van der Waals surface area contributed by atoms with Gasteiger partial charge in [-0.2, -0.15) is 0 Å². The Morgan fingerprint density at radius 1 is 1.26 bits per heavy atom. The van der Waals surface area contributed by atoms with Crippen molar-refractivity contribution in [3.05, 3.63) is 24.3 Å². The molecule has 0 aliphatic heterocycles. The molecule has 0 saturated heterocycles. The van der Waals surface area contributed by atoms with E-state index in [1.54, 1.807) is 45.0 Å². The first-order valence-electron chi connectivity index (χ1n) is 5.89. The summed E-state index contributed by atoms with van der Waals surface area (Å²) in [5.74, 6) is -0.351. The van der Waals surface area contributed by atoms with Crippen LogP contribution in [0.4, 0.5) is 5.69 Å². The summed E-state index contributed by atoms with van der Waals surface area (Å²) in [5.41, 5.74) is -0.174. The average molecular weight is 284 g/mol. The van der Waals surface area contributed by atoms with Crippen LogP contribution in [0.5, 0.6) is 5.75 Å². The molecule has 1 atom stereocenters. The first-order valence-corrected chi connectivity index (χ1v) is 6.33. The molecule has 4 nitrogen and oxygen atoms in total. The molecule has 0 fully saturated rings. The fraction of sp³-hybridized carbons (Fsp3) is 0.429. The summed E-state index contributed by atoms with van der Waals surface area (Å²) >= 11 is 5.91. The first-order chi connectivity index (χ1) is 8.77. The zero-order valence-corrected chi connectivity index (χ0v) is 12.2. The molecule has 19 heavy (non-hydrogen) atoms. The number of carbonyl (C=O) groups excluding carboxylic acids is 2. The van der Waals surface area contributed by atoms with Crippen molar-refractivity contribution >= 4 is 29.0 Å². The number of anilines is 1. The second-order valence-corrected chi connectivity index (χ2v) is 5.60. The standard InChI is InChI=1S/C14H18ClNO3/c1-14(2,3)12(17)11(15)13(18)16-9-7-5-6-8-10(9)19-4/h5-8,11H,1-4H3,(H,16,18)/t11-/m0/s1. The van der Waals surface area contributed by atoms with Crippen LogP contribution >= 0.6 is 11.6 Å². The highest BCUT2D eigenvalue weighted by atomic mass is 35.5. The van der Waals surface area contributed by atoms with E-state index in [2.05, 4.69) is 5.32 Å². The van der Waals surface area contributed by atoms with Crippen LogP contribution in [0.1, 0.15) is 20.8 Å². The molecule has 1 aromatic rings. The van der Waals surface area contributed by atoms with Gasteiger partial charge in [0.05, 0.1) is 12.8 Å². The molecule has 0 saturated carbocycles. The lowest BCUT2D eigenvalue weighted by atomic mass is 9.88. The number of Topliss-reactive ketones (excluding diaryl/α,β-unsaturated/α-hetero) is 1. The van der Waals surface area contributed by atoms with E-state index >= 15 is 0 Å². The number of methoxy groups -OCH3 is 1. The van der Waals surface area contributed by atoms with E-state index in [9.17, 15) is 9.59 Å². The molecule has 104 valence electrons. The average Bonchev–Trinajstić information content (AvgIpc) is 2.36. The van der Waals surface area contributed by atoms with Crippen molar-refractivity contribution < 1.29 is 14.3 Å². The molecular formula is C14H18ClNO3. The minimum atomic E-state index is -1.22. The maximum atomic E-state index is 11.9. The lowest BCUT2D eigenvalue weighted by Crippen LogP contribution is -2.37. The van der Waals surface area contributed by atoms with Gasteiger partial charge in [0.2, 0.25) is 5.91 Å². The number of halogens is 1. The van der Waals surface area contributed by atoms with Crippen molar-refractivity contribution in [2.24, 2.45) is 5.41 Å². The van der Waals surface area contributed by atoms with E-state index in [1.165, 1.54) is 7.11 Å². The second kappa shape index (κ2) is 6.06. The largest absolute Gasteiger partial charge is 0.495 e. The molecule has 0 aliphatic rings. The Kier molecular flexibility index (Phi) is 4.95. The molecule has 0 heterocycles. The van der Waals surface area contributed by atoms with Crippen LogP contribution in [-0.2, 0) is 9.59 Å². The Bertz CT molecular complexity index is 480. The normalized spacial score (nSPS) is 12.7. The Labute approximate surface area is 118 Å². The van der Waals surface area contributed by atoms with Crippen molar-refractivity contribution in [2.45, 2.75) is 26.1 Å². The van der Waals surface area contributed by atoms with E-state index in [1.807, 2.05) is 0 Å². The molecule has 5 heteroatoms. The molecule has 0 bridgehead atoms. The molecule has 0 radical (unpaired) electrons. The van der Waals surface area contributed by atoms with Crippen LogP contribution in [0.2, 0.25) is 0 Å². The summed E-state index contributed by atoms with van der Waals surface area (Å²) in [4.78, 5) is 23.9. The molecule has 1 N–H and O–H groups in total. The topological polar surface area (TPSA) is 55.4 Å². The highest BCUT2D eigenvalue weighted by molar-refractivity contribution is 6.43. The number of rotatable bonds is 4. The van der Waals surface area contributed by atoms with Gasteiger partial charge in [-0.3, -0.25) is 9.59 Å². The molecule has 0 aromatic heterocycles. The molecule has 0 unspecified atom stereocenters. The summed E-state index contributed by atoms with van der Waals surface area (Å²) in [6.45, 7) is 5.17. The lowest BCUT2D eigenvalue weighted by Gasteiger charge is -2.20. The minimum absolute atomic E-state index is 0.318. The van der Waals surface area contributed by atoms with E-state index in [0.29, 0.717) is 11.4 Å². The van der Waals surface area contributed by atoms with Crippen LogP contribution in [0.25, 0.3) is 0 Å². The zero-order chi connectivity index (χ0) is 14.6. The van der Waals surface area contributed by atoms with E-state index in [-0.39, 0.29) is 5.78 Å². The number of ketones is 1. The third kappa shape index (κ3) is 3.96. The summed E-state index contributed by atoms with van der Waals surface area (Å²) in [6.07, 6.45) is 0. The molecule has 1 amide bonds. The van der Waals surface area contributed by atoms with Crippen molar-refractivity contribution in [3.63, 3.8) is 0 Å². The number of amides is 1. The number of alkyl halides is 1. The summed E-state index contributed by atoms with van der Waals surface area (Å²) in [5, 5.41) is 1.38. The van der Waals surface area contributed by atoms with Crippen LogP contribution in [0, 0.1) is 5.41 Å². The minimum Gasteiger partial charge on any atom is -0.495 e. The number of para-hydroxylation sites is 2. The molecule has 1 aromatic carbocycles. The maximum Gasteiger partial charge on any atom is 0.250 e. The van der Waals surface area contributed by atoms with Crippen molar-refractivity contribution in [1.29, 1.82) is 0 Å². The van der Waals surface area contributed by atoms with Gasteiger partial charge < -0.3 is 10.1 Å². The SMILES string of the molecule is COc1ccccc1NC(=O)[C@@H](Cl)C(=O)C(C)(C)C. The summed E-state index contributed by atoms with van der Waals surface area (Å²) in [7, 11) is 1.50. The fourth-order valence-corrected chi connectivity index (χ4v) is 1.83. The number of hydrogen-bond acceptors (Lipinski definition) is 3. The summed E-state index contributed by atoms with van der Waals surface area (Å²) < 4.78 is 5.11. The van der Waals surface area contributed by atoms with Crippen molar-refractivity contribution in [3.8, 4) is 5.75 Å². The van der Waals surface area contributed by atoms with Crippen molar-refractivity contribution in [2.75, 3.05) is 12.4 Å². The molecule has 0 spiro atoms. The zero-order valence-electron chi connectivity index (χ0n) is 11.5. The number of carbonyl (C=O) groups is 2. The Balaban J connectivity index is 2.83. The molecule has 0 aliphatic carbocycles. The fourth-order valence-electron chi connectivity index (χ4n) is 1.44. The van der Waals surface area contributed by atoms with Crippen molar-refractivity contribution in [1.82, 2.24) is 0 Å². The van der Waals surface area contributed by atoms with Gasteiger partial charge in [-0.05, 0) is 12.1 Å². The van der Waals surface area contributed by atoms with E-state index in [4.69, 9.17) is 16.3 Å². The van der Waals surface area contributed by atoms with Crippen LogP contribution in [0.3, 0.4) is 0 Å². The van der Waals surface area contributed by atoms with Crippen LogP contribution < -0.4 is 10.1 Å². The quantitative estimate of drug-likeness (QED) is 0.683. The van der Waals surface area contributed by atoms with Gasteiger partial charge >= 0.3 is 0 Å². The van der Waals surface area contributed by atoms with E-state index < -0.39 is 16.7 Å². The van der Waals surface area contributed by atoms with Gasteiger partial charge in [-0.15, -0.1) is 11.6 Å². The number of ether oxygens (including phenoxy) is 1. The third-order valence-electron chi connectivity index (χ3n) is 2.56. The van der Waals surface area contributed by atoms with E-state index in [0.717, 1.165) is 0 Å². The molecular weight excluding hydrogens is 266 g/mol. The highest BCUT2D eigenvalue weighted by Crippen LogP contribution is 2.25. The van der Waals surface area contributed by atoms with Gasteiger partial charge in [0.1, 0.15) is 5.75 Å². The Hall–Kier alpha value is -1.55. The maximum absolute atomic E-state index is 11.9. The van der Waals surface area contributed by atoms with Gasteiger partial charge in [-0.25, -0.2) is 0 Å². The smallest absolute Gasteiger partial charge is 0.250 e. The third-order valence-corrected chi connectivity index (χ3v) is 2.96. The predicted octanol–water partition coefficient (Wildman–Crippen LogP) is 2.86. The first kappa shape index (κ1) is 15.5. The van der Waals surface area contributed by atoms with Gasteiger partial charge in [0.25, 0.3) is 0 Å². The predicted molar refractivity (Wildman–Crippen MR) is 75.7 cm³/mol. The molecule has 1 rings (SSSR count). The number of nitrogens with one attached hydrogen (secondary N) is 1. The monoisotopic (exact) mass is 283 g/mol. The number of benzene rings is 1. The lowest BCUT2D eigenvalue weighted by molar-refractivity contribution is -0.130. The Morgan fingerprint density at radius 3 is 2.37 bits per heavy atom. The van der Waals surface area contributed by atoms with Gasteiger partial charge in [0.15, 0.2) is 11.2 Å². The van der Waals surface area contributed by atoms with Gasteiger partial charge in [-0.1, -0.05) is 32.9 Å².